The van der Waals surface area contributed by atoms with Crippen LogP contribution in [0.2, 0.25) is 0 Å². The number of rotatable bonds is 3. The third-order valence-electron chi connectivity index (χ3n) is 4.00. The first kappa shape index (κ1) is 16.0. The molecule has 1 heterocycles. The molecule has 116 valence electrons. The molecule has 1 amide bonds. The first-order valence-corrected chi connectivity index (χ1v) is 8.95. The largest absolute Gasteiger partial charge is 0.326 e. The lowest BCUT2D eigenvalue weighted by molar-refractivity contribution is -0.120. The maximum absolute atomic E-state index is 12.3. The summed E-state index contributed by atoms with van der Waals surface area (Å²) in [6.07, 6.45) is 2.64. The van der Waals surface area contributed by atoms with Gasteiger partial charge in [-0.15, -0.1) is 0 Å². The Balaban J connectivity index is 2.04. The number of piperidine rings is 1. The molecule has 21 heavy (non-hydrogen) atoms. The van der Waals surface area contributed by atoms with Gasteiger partial charge < -0.3 is 5.32 Å². The second kappa shape index (κ2) is 6.15. The molecule has 0 aromatic heterocycles. The van der Waals surface area contributed by atoms with Crippen molar-refractivity contribution in [2.24, 2.45) is 5.92 Å². The van der Waals surface area contributed by atoms with Crippen molar-refractivity contribution in [1.82, 2.24) is 4.31 Å². The number of aryl methyl sites for hydroxylation is 2. The molecule has 1 aliphatic rings. The molecule has 0 spiro atoms. The molecule has 0 unspecified atom stereocenters. The Labute approximate surface area is 126 Å². The number of carbonyl (C=O) groups excluding carboxylic acids is 1. The number of carbonyl (C=O) groups is 1. The Morgan fingerprint density at radius 2 is 2.00 bits per heavy atom. The normalized spacial score (nSPS) is 20.2. The zero-order valence-corrected chi connectivity index (χ0v) is 13.5. The van der Waals surface area contributed by atoms with E-state index in [1.54, 1.807) is 0 Å². The molecule has 6 heteroatoms. The predicted molar refractivity (Wildman–Crippen MR) is 83.7 cm³/mol. The second-order valence-corrected chi connectivity index (χ2v) is 7.73. The number of nitrogens with one attached hydrogen (secondary N) is 1. The van der Waals surface area contributed by atoms with Crippen LogP contribution in [0.1, 0.15) is 24.0 Å². The van der Waals surface area contributed by atoms with Gasteiger partial charge in [0.1, 0.15) is 0 Å². The van der Waals surface area contributed by atoms with Crippen LogP contribution in [0, 0.1) is 19.8 Å². The van der Waals surface area contributed by atoms with Crippen LogP contribution in [-0.4, -0.2) is 38.0 Å². The SMILES string of the molecule is Cc1ccc(NC(=O)[C@H]2CCCN(S(C)(=O)=O)C2)cc1C. The third-order valence-corrected chi connectivity index (χ3v) is 5.27. The van der Waals surface area contributed by atoms with Crippen molar-refractivity contribution in [3.8, 4) is 0 Å². The number of sulfonamides is 1. The van der Waals surface area contributed by atoms with Crippen LogP contribution in [0.4, 0.5) is 5.69 Å². The molecule has 0 bridgehead atoms. The van der Waals surface area contributed by atoms with E-state index >= 15 is 0 Å². The molecule has 1 saturated heterocycles. The summed E-state index contributed by atoms with van der Waals surface area (Å²) in [5.74, 6) is -0.387. The first-order valence-electron chi connectivity index (χ1n) is 7.10. The summed E-state index contributed by atoms with van der Waals surface area (Å²) < 4.78 is 24.6. The minimum atomic E-state index is -3.22. The molecule has 1 N–H and O–H groups in total. The Kier molecular flexibility index (Phi) is 4.68. The molecule has 1 fully saturated rings. The minimum Gasteiger partial charge on any atom is -0.326 e. The molecule has 2 rings (SSSR count). The molecule has 5 nitrogen and oxygen atoms in total. The molecule has 0 saturated carbocycles. The van der Waals surface area contributed by atoms with Crippen LogP contribution in [0.5, 0.6) is 0 Å². The van der Waals surface area contributed by atoms with Gasteiger partial charge in [0.05, 0.1) is 12.2 Å². The van der Waals surface area contributed by atoms with Crippen molar-refractivity contribution < 1.29 is 13.2 Å². The molecule has 0 aliphatic carbocycles. The van der Waals surface area contributed by atoms with Gasteiger partial charge in [0.15, 0.2) is 0 Å². The third kappa shape index (κ3) is 4.04. The maximum atomic E-state index is 12.3. The number of nitrogens with zero attached hydrogens (tertiary/aromatic N) is 1. The standard InChI is InChI=1S/C15H22N2O3S/c1-11-6-7-14(9-12(11)2)16-15(18)13-5-4-8-17(10-13)21(3,19)20/h6-7,9,13H,4-5,8,10H2,1-3H3,(H,16,18)/t13-/m0/s1. The van der Waals surface area contributed by atoms with Crippen molar-refractivity contribution in [2.75, 3.05) is 24.7 Å². The van der Waals surface area contributed by atoms with Crippen LogP contribution in [0.15, 0.2) is 18.2 Å². The minimum absolute atomic E-state index is 0.105. The van der Waals surface area contributed by atoms with Crippen molar-refractivity contribution in [3.05, 3.63) is 29.3 Å². The van der Waals surface area contributed by atoms with Gasteiger partial charge in [0, 0.05) is 18.8 Å². The van der Waals surface area contributed by atoms with E-state index in [9.17, 15) is 13.2 Å². The quantitative estimate of drug-likeness (QED) is 0.927. The molecule has 1 atom stereocenters. The Hall–Kier alpha value is -1.40. The Bertz CT molecular complexity index is 640. The van der Waals surface area contributed by atoms with E-state index < -0.39 is 10.0 Å². The highest BCUT2D eigenvalue weighted by Crippen LogP contribution is 2.21. The summed E-state index contributed by atoms with van der Waals surface area (Å²) in [5.41, 5.74) is 3.06. The Morgan fingerprint density at radius 3 is 2.62 bits per heavy atom. The predicted octanol–water partition coefficient (Wildman–Crippen LogP) is 1.91. The lowest BCUT2D eigenvalue weighted by Gasteiger charge is -2.30. The molecule has 1 aliphatic heterocycles. The van der Waals surface area contributed by atoms with Crippen LogP contribution in [0.25, 0.3) is 0 Å². The fraction of sp³-hybridized carbons (Fsp3) is 0.533. The number of benzene rings is 1. The number of amides is 1. The van der Waals surface area contributed by atoms with Gasteiger partial charge >= 0.3 is 0 Å². The highest BCUT2D eigenvalue weighted by molar-refractivity contribution is 7.88. The summed E-state index contributed by atoms with van der Waals surface area (Å²) in [7, 11) is -3.22. The van der Waals surface area contributed by atoms with Crippen molar-refractivity contribution in [2.45, 2.75) is 26.7 Å². The van der Waals surface area contributed by atoms with Gasteiger partial charge in [0.2, 0.25) is 15.9 Å². The molecular weight excluding hydrogens is 288 g/mol. The van der Waals surface area contributed by atoms with Crippen molar-refractivity contribution in [1.29, 1.82) is 0 Å². The van der Waals surface area contributed by atoms with Crippen molar-refractivity contribution in [3.63, 3.8) is 0 Å². The monoisotopic (exact) mass is 310 g/mol. The maximum Gasteiger partial charge on any atom is 0.228 e. The van der Waals surface area contributed by atoms with Crippen LogP contribution < -0.4 is 5.32 Å². The van der Waals surface area contributed by atoms with Crippen LogP contribution in [0.3, 0.4) is 0 Å². The summed E-state index contributed by atoms with van der Waals surface area (Å²) in [4.78, 5) is 12.3. The number of hydrogen-bond donors (Lipinski definition) is 1. The van der Waals surface area contributed by atoms with Gasteiger partial charge in [-0.3, -0.25) is 4.79 Å². The summed E-state index contributed by atoms with van der Waals surface area (Å²) in [5, 5.41) is 2.89. The number of hydrogen-bond acceptors (Lipinski definition) is 3. The topological polar surface area (TPSA) is 66.5 Å². The van der Waals surface area contributed by atoms with E-state index in [1.807, 2.05) is 32.0 Å². The van der Waals surface area contributed by atoms with Crippen LogP contribution in [-0.2, 0) is 14.8 Å². The highest BCUT2D eigenvalue weighted by atomic mass is 32.2. The van der Waals surface area contributed by atoms with E-state index in [4.69, 9.17) is 0 Å². The fourth-order valence-electron chi connectivity index (χ4n) is 2.52. The lowest BCUT2D eigenvalue weighted by atomic mass is 9.98. The first-order chi connectivity index (χ1) is 9.77. The van der Waals surface area contributed by atoms with Gasteiger partial charge in [-0.1, -0.05) is 6.07 Å². The van der Waals surface area contributed by atoms with Gasteiger partial charge in [-0.25, -0.2) is 12.7 Å². The molecular formula is C15H22N2O3S. The summed E-state index contributed by atoms with van der Waals surface area (Å²) in [6, 6.07) is 5.77. The van der Waals surface area contributed by atoms with Gasteiger partial charge in [0.25, 0.3) is 0 Å². The van der Waals surface area contributed by atoms with Crippen molar-refractivity contribution >= 4 is 21.6 Å². The van der Waals surface area contributed by atoms with E-state index in [1.165, 1.54) is 16.1 Å². The fourth-order valence-corrected chi connectivity index (χ4v) is 3.43. The van der Waals surface area contributed by atoms with E-state index in [2.05, 4.69) is 5.32 Å². The smallest absolute Gasteiger partial charge is 0.228 e. The number of anilines is 1. The molecule has 1 aromatic rings. The summed E-state index contributed by atoms with van der Waals surface area (Å²) in [6.45, 7) is 4.80. The van der Waals surface area contributed by atoms with E-state index in [-0.39, 0.29) is 18.4 Å². The lowest BCUT2D eigenvalue weighted by Crippen LogP contribution is -2.43. The highest BCUT2D eigenvalue weighted by Gasteiger charge is 2.30. The second-order valence-electron chi connectivity index (χ2n) is 5.75. The van der Waals surface area contributed by atoms with Gasteiger partial charge in [-0.05, 0) is 49.9 Å². The zero-order valence-electron chi connectivity index (χ0n) is 12.7. The average molecular weight is 310 g/mol. The molecule has 0 radical (unpaired) electrons. The zero-order chi connectivity index (χ0) is 15.6. The average Bonchev–Trinajstić information content (AvgIpc) is 2.42. The van der Waals surface area contributed by atoms with E-state index in [0.717, 1.165) is 24.1 Å². The van der Waals surface area contributed by atoms with Crippen LogP contribution >= 0.6 is 0 Å². The molecule has 1 aromatic carbocycles. The Morgan fingerprint density at radius 1 is 1.29 bits per heavy atom. The summed E-state index contributed by atoms with van der Waals surface area (Å²) >= 11 is 0. The van der Waals surface area contributed by atoms with E-state index in [0.29, 0.717) is 6.54 Å². The van der Waals surface area contributed by atoms with Gasteiger partial charge in [-0.2, -0.15) is 0 Å².